The summed E-state index contributed by atoms with van der Waals surface area (Å²) in [6.07, 6.45) is 12.1. The van der Waals surface area contributed by atoms with E-state index in [9.17, 15) is 0 Å². The lowest BCUT2D eigenvalue weighted by molar-refractivity contribution is 0.750. The molecule has 18 heavy (non-hydrogen) atoms. The molecule has 0 unspecified atom stereocenters. The number of anilines is 1. The second kappa shape index (κ2) is 4.61. The molecule has 0 aliphatic heterocycles. The van der Waals surface area contributed by atoms with Gasteiger partial charge in [0, 0.05) is 12.2 Å². The van der Waals surface area contributed by atoms with Gasteiger partial charge in [-0.2, -0.15) is 0 Å². The Labute approximate surface area is 106 Å². The molecule has 2 aromatic rings. The summed E-state index contributed by atoms with van der Waals surface area (Å²) in [7, 11) is 0. The first-order valence-electron chi connectivity index (χ1n) is 6.23. The molecule has 4 nitrogen and oxygen atoms in total. The highest BCUT2D eigenvalue weighted by Gasteiger charge is 2.17. The van der Waals surface area contributed by atoms with Crippen LogP contribution in [0.2, 0.25) is 0 Å². The van der Waals surface area contributed by atoms with Crippen LogP contribution in [0.3, 0.4) is 0 Å². The Hall–Kier alpha value is -2.15. The van der Waals surface area contributed by atoms with Crippen molar-refractivity contribution in [3.05, 3.63) is 24.2 Å². The molecular formula is C14H14N4. The zero-order chi connectivity index (χ0) is 12.4. The van der Waals surface area contributed by atoms with E-state index in [-0.39, 0.29) is 0 Å². The van der Waals surface area contributed by atoms with E-state index in [2.05, 4.69) is 26.2 Å². The molecule has 1 aliphatic rings. The largest absolute Gasteiger partial charge is 0.365 e. The van der Waals surface area contributed by atoms with Crippen molar-refractivity contribution >= 4 is 16.9 Å². The van der Waals surface area contributed by atoms with Crippen LogP contribution in [0.5, 0.6) is 0 Å². The first-order chi connectivity index (χ1) is 8.86. The molecule has 1 N–H and O–H groups in total. The molecule has 3 rings (SSSR count). The minimum absolute atomic E-state index is 0.413. The van der Waals surface area contributed by atoms with Gasteiger partial charge in [0.1, 0.15) is 5.52 Å². The van der Waals surface area contributed by atoms with Crippen LogP contribution in [0.15, 0.2) is 18.3 Å². The maximum Gasteiger partial charge on any atom is 0.207 e. The molecule has 2 aromatic heterocycles. The van der Waals surface area contributed by atoms with Crippen LogP contribution in [-0.2, 0) is 0 Å². The van der Waals surface area contributed by atoms with Crippen LogP contribution in [0.25, 0.3) is 11.0 Å². The van der Waals surface area contributed by atoms with Crippen molar-refractivity contribution in [1.29, 1.82) is 0 Å². The molecule has 1 fully saturated rings. The van der Waals surface area contributed by atoms with Gasteiger partial charge in [0.05, 0.1) is 5.52 Å². The lowest BCUT2D eigenvalue weighted by Crippen LogP contribution is -2.16. The quantitative estimate of drug-likeness (QED) is 0.816. The topological polar surface area (TPSA) is 50.7 Å². The zero-order valence-corrected chi connectivity index (χ0v) is 10.1. The standard InChI is InChI=1S/C14H14N4/c1-2-12-17-11-8-5-9-15-13(11)14(18-12)16-10-6-3-4-7-10/h1,5,8-10H,3-4,6-7H2,(H,16,17,18). The minimum atomic E-state index is 0.413. The van der Waals surface area contributed by atoms with Gasteiger partial charge in [-0.05, 0) is 30.9 Å². The summed E-state index contributed by atoms with van der Waals surface area (Å²) in [4.78, 5) is 13.0. The predicted octanol–water partition coefficient (Wildman–Crippen LogP) is 2.36. The van der Waals surface area contributed by atoms with E-state index < -0.39 is 0 Å². The van der Waals surface area contributed by atoms with Crippen molar-refractivity contribution in [2.75, 3.05) is 5.32 Å². The SMILES string of the molecule is C#Cc1nc(NC2CCCC2)c2ncccc2n1. The second-order valence-corrected chi connectivity index (χ2v) is 4.54. The normalized spacial score (nSPS) is 15.7. The fraction of sp³-hybridized carbons (Fsp3) is 0.357. The van der Waals surface area contributed by atoms with E-state index >= 15 is 0 Å². The summed E-state index contributed by atoms with van der Waals surface area (Å²) in [5.74, 6) is 3.67. The van der Waals surface area contributed by atoms with Gasteiger partial charge in [0.25, 0.3) is 0 Å². The van der Waals surface area contributed by atoms with Gasteiger partial charge in [0.2, 0.25) is 5.82 Å². The lowest BCUT2D eigenvalue weighted by Gasteiger charge is -2.13. The molecule has 1 saturated carbocycles. The van der Waals surface area contributed by atoms with E-state index in [0.717, 1.165) is 16.9 Å². The van der Waals surface area contributed by atoms with Gasteiger partial charge in [-0.15, -0.1) is 6.42 Å². The first-order valence-corrected chi connectivity index (χ1v) is 6.23. The van der Waals surface area contributed by atoms with Crippen LogP contribution < -0.4 is 5.32 Å². The molecule has 0 spiro atoms. The number of rotatable bonds is 2. The number of pyridine rings is 1. The third-order valence-corrected chi connectivity index (χ3v) is 3.28. The fourth-order valence-electron chi connectivity index (χ4n) is 2.40. The van der Waals surface area contributed by atoms with Gasteiger partial charge < -0.3 is 5.32 Å². The highest BCUT2D eigenvalue weighted by molar-refractivity contribution is 5.85. The monoisotopic (exact) mass is 238 g/mol. The predicted molar refractivity (Wildman–Crippen MR) is 71.1 cm³/mol. The van der Waals surface area contributed by atoms with Crippen LogP contribution in [0.1, 0.15) is 31.5 Å². The number of nitrogens with one attached hydrogen (secondary N) is 1. The maximum absolute atomic E-state index is 5.39. The molecule has 2 heterocycles. The van der Waals surface area contributed by atoms with Crippen LogP contribution in [0.4, 0.5) is 5.82 Å². The van der Waals surface area contributed by atoms with Crippen LogP contribution in [0, 0.1) is 12.3 Å². The minimum Gasteiger partial charge on any atom is -0.365 e. The molecule has 0 bridgehead atoms. The molecule has 0 amide bonds. The molecule has 90 valence electrons. The van der Waals surface area contributed by atoms with E-state index in [4.69, 9.17) is 6.42 Å². The van der Waals surface area contributed by atoms with Crippen molar-refractivity contribution in [2.24, 2.45) is 0 Å². The lowest BCUT2D eigenvalue weighted by atomic mass is 10.2. The van der Waals surface area contributed by atoms with Gasteiger partial charge in [-0.25, -0.2) is 9.97 Å². The van der Waals surface area contributed by atoms with E-state index in [1.807, 2.05) is 12.1 Å². The van der Waals surface area contributed by atoms with Crippen molar-refractivity contribution < 1.29 is 0 Å². The van der Waals surface area contributed by atoms with E-state index in [1.165, 1.54) is 25.7 Å². The van der Waals surface area contributed by atoms with Crippen LogP contribution >= 0.6 is 0 Å². The summed E-state index contributed by atoms with van der Waals surface area (Å²) in [6.45, 7) is 0. The van der Waals surface area contributed by atoms with E-state index in [0.29, 0.717) is 11.9 Å². The number of hydrogen-bond acceptors (Lipinski definition) is 4. The van der Waals surface area contributed by atoms with Crippen LogP contribution in [-0.4, -0.2) is 21.0 Å². The van der Waals surface area contributed by atoms with Gasteiger partial charge in [0.15, 0.2) is 5.82 Å². The third kappa shape index (κ3) is 2.00. The molecule has 4 heteroatoms. The number of terminal acetylenes is 1. The molecule has 0 atom stereocenters. The van der Waals surface area contributed by atoms with Crippen molar-refractivity contribution in [2.45, 2.75) is 31.7 Å². The van der Waals surface area contributed by atoms with Gasteiger partial charge in [-0.3, -0.25) is 4.98 Å². The van der Waals surface area contributed by atoms with Crippen molar-refractivity contribution in [3.63, 3.8) is 0 Å². The molecule has 0 aromatic carbocycles. The summed E-state index contributed by atoms with van der Waals surface area (Å²) in [5.41, 5.74) is 1.59. The highest BCUT2D eigenvalue weighted by Crippen LogP contribution is 2.24. The Morgan fingerprint density at radius 2 is 2.11 bits per heavy atom. The Kier molecular flexibility index (Phi) is 2.81. The number of fused-ring (bicyclic) bond motifs is 1. The molecular weight excluding hydrogens is 224 g/mol. The van der Waals surface area contributed by atoms with Gasteiger partial charge >= 0.3 is 0 Å². The molecule has 0 radical (unpaired) electrons. The molecule has 1 aliphatic carbocycles. The highest BCUT2D eigenvalue weighted by atomic mass is 15.1. The maximum atomic E-state index is 5.39. The third-order valence-electron chi connectivity index (χ3n) is 3.28. The Balaban J connectivity index is 2.05. The fourth-order valence-corrected chi connectivity index (χ4v) is 2.40. The summed E-state index contributed by atoms with van der Waals surface area (Å²) in [5, 5.41) is 3.45. The second-order valence-electron chi connectivity index (χ2n) is 4.54. The Morgan fingerprint density at radius 1 is 1.28 bits per heavy atom. The van der Waals surface area contributed by atoms with Crippen molar-refractivity contribution in [1.82, 2.24) is 15.0 Å². The summed E-state index contributed by atoms with van der Waals surface area (Å²) >= 11 is 0. The van der Waals surface area contributed by atoms with E-state index in [1.54, 1.807) is 6.20 Å². The summed E-state index contributed by atoms with van der Waals surface area (Å²) < 4.78 is 0. The Morgan fingerprint density at radius 3 is 2.89 bits per heavy atom. The number of nitrogens with zero attached hydrogens (tertiary/aromatic N) is 3. The number of aromatic nitrogens is 3. The number of hydrogen-bond donors (Lipinski definition) is 1. The van der Waals surface area contributed by atoms with Crippen molar-refractivity contribution in [3.8, 4) is 12.3 Å². The molecule has 0 saturated heterocycles. The average molecular weight is 238 g/mol. The van der Waals surface area contributed by atoms with Gasteiger partial charge in [-0.1, -0.05) is 12.8 Å². The Bertz CT molecular complexity index is 609. The first kappa shape index (κ1) is 11.0. The zero-order valence-electron chi connectivity index (χ0n) is 10.1. The smallest absolute Gasteiger partial charge is 0.207 e. The average Bonchev–Trinajstić information content (AvgIpc) is 2.91. The summed E-state index contributed by atoms with van der Waals surface area (Å²) in [6, 6.07) is 4.25.